The van der Waals surface area contributed by atoms with E-state index in [0.29, 0.717) is 33.7 Å². The molecule has 1 aromatic heterocycles. The van der Waals surface area contributed by atoms with Crippen molar-refractivity contribution in [2.75, 3.05) is 19.1 Å². The Labute approximate surface area is 210 Å². The van der Waals surface area contributed by atoms with Crippen LogP contribution in [0.3, 0.4) is 0 Å². The number of benzene rings is 3. The maximum atomic E-state index is 13.7. The SMILES string of the molecule is COc1ccc(N2C(=O)C(O)=C(C(=O)c3cc4cccc(OC)c4o3)C2c2cccc(O)c2)cc1Cl. The number of carbonyl (C=O) groups is 2. The van der Waals surface area contributed by atoms with Crippen molar-refractivity contribution in [2.45, 2.75) is 6.04 Å². The fourth-order valence-electron chi connectivity index (χ4n) is 4.36. The number of fused-ring (bicyclic) bond motifs is 1. The van der Waals surface area contributed by atoms with Gasteiger partial charge in [0, 0.05) is 11.1 Å². The molecule has 4 aromatic rings. The third-order valence-electron chi connectivity index (χ3n) is 6.00. The molecule has 182 valence electrons. The molecule has 0 spiro atoms. The first kappa shape index (κ1) is 23.3. The number of aliphatic hydroxyl groups is 1. The number of aliphatic hydroxyl groups excluding tert-OH is 1. The van der Waals surface area contributed by atoms with E-state index in [0.717, 1.165) is 0 Å². The molecule has 5 rings (SSSR count). The lowest BCUT2D eigenvalue weighted by atomic mass is 9.94. The van der Waals surface area contributed by atoms with Crippen molar-refractivity contribution in [1.29, 1.82) is 0 Å². The number of furan rings is 1. The quantitative estimate of drug-likeness (QED) is 0.328. The van der Waals surface area contributed by atoms with E-state index in [-0.39, 0.29) is 22.1 Å². The summed E-state index contributed by atoms with van der Waals surface area (Å²) in [5.74, 6) is -1.54. The van der Waals surface area contributed by atoms with E-state index >= 15 is 0 Å². The number of amides is 1. The van der Waals surface area contributed by atoms with Crippen LogP contribution < -0.4 is 14.4 Å². The van der Waals surface area contributed by atoms with Crippen LogP contribution in [0.4, 0.5) is 5.69 Å². The van der Waals surface area contributed by atoms with Gasteiger partial charge in [0.05, 0.1) is 30.9 Å². The number of nitrogens with zero attached hydrogens (tertiary/aromatic N) is 1. The molecule has 1 unspecified atom stereocenters. The first-order valence-corrected chi connectivity index (χ1v) is 11.2. The van der Waals surface area contributed by atoms with Crippen molar-refractivity contribution in [2.24, 2.45) is 0 Å². The molecule has 3 aromatic carbocycles. The van der Waals surface area contributed by atoms with Crippen molar-refractivity contribution in [1.82, 2.24) is 0 Å². The Kier molecular flexibility index (Phi) is 5.81. The van der Waals surface area contributed by atoms with E-state index < -0.39 is 23.5 Å². The van der Waals surface area contributed by atoms with Crippen LogP contribution in [0, 0.1) is 0 Å². The number of ether oxygens (including phenoxy) is 2. The highest BCUT2D eigenvalue weighted by Crippen LogP contribution is 2.44. The summed E-state index contributed by atoms with van der Waals surface area (Å²) in [6.45, 7) is 0. The smallest absolute Gasteiger partial charge is 0.294 e. The average Bonchev–Trinajstić information content (AvgIpc) is 3.43. The maximum Gasteiger partial charge on any atom is 0.294 e. The second-order valence-electron chi connectivity index (χ2n) is 8.07. The van der Waals surface area contributed by atoms with Gasteiger partial charge in [0.25, 0.3) is 5.91 Å². The minimum absolute atomic E-state index is 0.0701. The largest absolute Gasteiger partial charge is 0.508 e. The van der Waals surface area contributed by atoms with Crippen molar-refractivity contribution in [3.05, 3.63) is 94.4 Å². The van der Waals surface area contributed by atoms with Crippen LogP contribution in [-0.4, -0.2) is 36.1 Å². The predicted molar refractivity (Wildman–Crippen MR) is 133 cm³/mol. The molecular weight excluding hydrogens is 486 g/mol. The minimum Gasteiger partial charge on any atom is -0.508 e. The molecule has 0 saturated heterocycles. The Balaban J connectivity index is 1.67. The molecule has 1 aliphatic heterocycles. The third-order valence-corrected chi connectivity index (χ3v) is 6.30. The van der Waals surface area contributed by atoms with Crippen molar-refractivity contribution in [3.63, 3.8) is 0 Å². The second-order valence-corrected chi connectivity index (χ2v) is 8.48. The number of hydrogen-bond acceptors (Lipinski definition) is 7. The fourth-order valence-corrected chi connectivity index (χ4v) is 4.61. The Bertz CT molecular complexity index is 1560. The number of hydrogen-bond donors (Lipinski definition) is 2. The minimum atomic E-state index is -1.07. The van der Waals surface area contributed by atoms with Crippen LogP contribution >= 0.6 is 11.6 Å². The number of anilines is 1. The Morgan fingerprint density at radius 2 is 1.72 bits per heavy atom. The van der Waals surface area contributed by atoms with Gasteiger partial charge in [-0.05, 0) is 48.0 Å². The van der Waals surface area contributed by atoms with Crippen LogP contribution in [0.1, 0.15) is 22.2 Å². The van der Waals surface area contributed by atoms with Crippen LogP contribution in [0.25, 0.3) is 11.0 Å². The van der Waals surface area contributed by atoms with Gasteiger partial charge in [0.2, 0.25) is 5.78 Å². The van der Waals surface area contributed by atoms with Gasteiger partial charge in [-0.25, -0.2) is 0 Å². The number of phenolic OH excluding ortho intramolecular Hbond substituents is 1. The van der Waals surface area contributed by atoms with E-state index in [9.17, 15) is 19.8 Å². The zero-order chi connectivity index (χ0) is 25.6. The molecule has 0 saturated carbocycles. The number of carbonyl (C=O) groups excluding carboxylic acids is 2. The Hall–Kier alpha value is -4.43. The molecule has 36 heavy (non-hydrogen) atoms. The van der Waals surface area contributed by atoms with Crippen LogP contribution in [0.5, 0.6) is 17.2 Å². The number of aromatic hydroxyl groups is 1. The number of rotatable bonds is 6. The van der Waals surface area contributed by atoms with E-state index in [1.54, 1.807) is 42.5 Å². The van der Waals surface area contributed by atoms with E-state index in [1.807, 2.05) is 0 Å². The molecule has 2 heterocycles. The summed E-state index contributed by atoms with van der Waals surface area (Å²) in [6, 6.07) is 16.4. The first-order valence-electron chi connectivity index (χ1n) is 10.8. The molecule has 1 aliphatic rings. The molecule has 0 bridgehead atoms. The summed E-state index contributed by atoms with van der Waals surface area (Å²) in [4.78, 5) is 28.3. The first-order chi connectivity index (χ1) is 17.3. The molecule has 0 aliphatic carbocycles. The van der Waals surface area contributed by atoms with Crippen LogP contribution in [-0.2, 0) is 4.79 Å². The van der Waals surface area contributed by atoms with Gasteiger partial charge in [0.15, 0.2) is 22.9 Å². The molecule has 8 nitrogen and oxygen atoms in total. The van der Waals surface area contributed by atoms with Crippen molar-refractivity contribution < 1.29 is 33.7 Å². The lowest BCUT2D eigenvalue weighted by molar-refractivity contribution is -0.117. The standard InChI is InChI=1S/C27H20ClNO7/c1-34-19-10-9-16(13-18(19)28)29-23(14-5-3-7-17(30)11-14)22(25(32)27(29)33)24(31)21-12-15-6-4-8-20(35-2)26(15)36-21/h3-13,23,30,32H,1-2H3. The highest BCUT2D eigenvalue weighted by molar-refractivity contribution is 6.32. The predicted octanol–water partition coefficient (Wildman–Crippen LogP) is 5.59. The fraction of sp³-hybridized carbons (Fsp3) is 0.111. The molecule has 1 amide bonds. The number of methoxy groups -OCH3 is 2. The summed E-state index contributed by atoms with van der Waals surface area (Å²) in [7, 11) is 2.95. The van der Waals surface area contributed by atoms with Crippen LogP contribution in [0.2, 0.25) is 5.02 Å². The van der Waals surface area contributed by atoms with Gasteiger partial charge in [-0.15, -0.1) is 0 Å². The summed E-state index contributed by atoms with van der Waals surface area (Å²) in [5, 5.41) is 21.9. The van der Waals surface area contributed by atoms with Gasteiger partial charge >= 0.3 is 0 Å². The zero-order valence-electron chi connectivity index (χ0n) is 19.2. The van der Waals surface area contributed by atoms with E-state index in [1.165, 1.54) is 43.4 Å². The zero-order valence-corrected chi connectivity index (χ0v) is 19.9. The molecule has 2 N–H and O–H groups in total. The van der Waals surface area contributed by atoms with Gasteiger partial charge in [0.1, 0.15) is 11.5 Å². The highest BCUT2D eigenvalue weighted by Gasteiger charge is 2.45. The lowest BCUT2D eigenvalue weighted by Gasteiger charge is -2.27. The number of ketones is 1. The maximum absolute atomic E-state index is 13.7. The van der Waals surface area contributed by atoms with Gasteiger partial charge in [-0.2, -0.15) is 0 Å². The van der Waals surface area contributed by atoms with Crippen molar-refractivity contribution in [3.8, 4) is 17.2 Å². The Morgan fingerprint density at radius 3 is 2.42 bits per heavy atom. The molecule has 1 atom stereocenters. The van der Waals surface area contributed by atoms with Crippen molar-refractivity contribution >= 4 is 39.9 Å². The summed E-state index contributed by atoms with van der Waals surface area (Å²) < 4.78 is 16.3. The van der Waals surface area contributed by atoms with Gasteiger partial charge in [-0.3, -0.25) is 14.5 Å². The summed E-state index contributed by atoms with van der Waals surface area (Å²) in [5.41, 5.74) is 0.882. The summed E-state index contributed by atoms with van der Waals surface area (Å²) >= 11 is 6.31. The topological polar surface area (TPSA) is 109 Å². The number of halogens is 1. The van der Waals surface area contributed by atoms with E-state index in [2.05, 4.69) is 0 Å². The Morgan fingerprint density at radius 1 is 0.972 bits per heavy atom. The number of Topliss-reactive ketones (excluding diaryl/α,β-unsaturated/α-hetero) is 1. The summed E-state index contributed by atoms with van der Waals surface area (Å²) in [6.07, 6.45) is 0. The normalized spacial score (nSPS) is 15.6. The lowest BCUT2D eigenvalue weighted by Crippen LogP contribution is -2.31. The average molecular weight is 506 g/mol. The van der Waals surface area contributed by atoms with E-state index in [4.69, 9.17) is 25.5 Å². The number of para-hydroxylation sites is 1. The van der Waals surface area contributed by atoms with Gasteiger partial charge < -0.3 is 24.1 Å². The second kappa shape index (κ2) is 8.98. The monoisotopic (exact) mass is 505 g/mol. The molecule has 0 radical (unpaired) electrons. The van der Waals surface area contributed by atoms with Gasteiger partial charge in [-0.1, -0.05) is 35.9 Å². The number of phenols is 1. The highest BCUT2D eigenvalue weighted by atomic mass is 35.5. The third kappa shape index (κ3) is 3.72. The molecule has 0 fully saturated rings. The van der Waals surface area contributed by atoms with Crippen LogP contribution in [0.15, 0.2) is 82.5 Å². The molecular formula is C27H20ClNO7. The molecule has 9 heteroatoms.